The van der Waals surface area contributed by atoms with Crippen LogP contribution in [0.5, 0.6) is 0 Å². The molecule has 0 aliphatic rings. The Morgan fingerprint density at radius 2 is 1.32 bits per heavy atom. The largest absolute Gasteiger partial charge is 0.465 e. The molecule has 2 rings (SSSR count). The fourth-order valence-corrected chi connectivity index (χ4v) is 2.25. The van der Waals surface area contributed by atoms with Crippen LogP contribution in [0, 0.1) is 0 Å². The number of hydrogen-bond donors (Lipinski definition) is 0. The summed E-state index contributed by atoms with van der Waals surface area (Å²) >= 11 is 0. The summed E-state index contributed by atoms with van der Waals surface area (Å²) < 4.78 is 4.65. The molecule has 0 radical (unpaired) electrons. The molecule has 0 heterocycles. The van der Waals surface area contributed by atoms with Gasteiger partial charge in [-0.25, -0.2) is 4.79 Å². The molecule has 0 aliphatic heterocycles. The molecule has 0 aromatic heterocycles. The van der Waals surface area contributed by atoms with Crippen molar-refractivity contribution >= 4 is 23.9 Å². The van der Waals surface area contributed by atoms with Crippen molar-refractivity contribution in [3.05, 3.63) is 82.9 Å². The van der Waals surface area contributed by atoms with E-state index in [1.807, 2.05) is 12.1 Å². The second-order valence-electron chi connectivity index (χ2n) is 6.00. The van der Waals surface area contributed by atoms with E-state index in [-0.39, 0.29) is 11.8 Å². The molecule has 0 N–H and O–H groups in total. The highest BCUT2D eigenvalue weighted by molar-refractivity contribution is 6.04. The van der Waals surface area contributed by atoms with E-state index in [1.165, 1.54) is 18.7 Å². The van der Waals surface area contributed by atoms with Gasteiger partial charge < -0.3 is 4.74 Å². The number of ketones is 1. The molecule has 128 valence electrons. The third kappa shape index (κ3) is 5.57. The lowest BCUT2D eigenvalue weighted by molar-refractivity contribution is -0.110. The van der Waals surface area contributed by atoms with Gasteiger partial charge in [0, 0.05) is 0 Å². The zero-order chi connectivity index (χ0) is 18.2. The summed E-state index contributed by atoms with van der Waals surface area (Å²) in [7, 11) is 1.34. The van der Waals surface area contributed by atoms with Crippen LogP contribution in [0.25, 0.3) is 12.2 Å². The van der Waals surface area contributed by atoms with E-state index in [1.54, 1.807) is 42.5 Å². The van der Waals surface area contributed by atoms with Crippen molar-refractivity contribution in [2.45, 2.75) is 19.8 Å². The van der Waals surface area contributed by atoms with Crippen LogP contribution in [0.15, 0.2) is 60.7 Å². The Kier molecular flexibility index (Phi) is 6.47. The normalized spacial score (nSPS) is 11.4. The number of benzene rings is 2. The van der Waals surface area contributed by atoms with Gasteiger partial charge in [0.05, 0.1) is 12.7 Å². The molecule has 0 fully saturated rings. The molecule has 0 unspecified atom stereocenters. The van der Waals surface area contributed by atoms with E-state index < -0.39 is 0 Å². The van der Waals surface area contributed by atoms with Crippen LogP contribution < -0.4 is 0 Å². The maximum absolute atomic E-state index is 11.9. The zero-order valence-electron chi connectivity index (χ0n) is 14.7. The standard InChI is InChI=1S/C22H22O3/c1-16(2)19-10-4-17(5-11-19)8-14-21(23)15-9-18-6-12-20(13-7-18)22(24)25-3/h4-16H,1-3H3/b14-8+,15-9+. The molecule has 0 aliphatic carbocycles. The molecular weight excluding hydrogens is 312 g/mol. The van der Waals surface area contributed by atoms with Gasteiger partial charge in [-0.3, -0.25) is 4.79 Å². The summed E-state index contributed by atoms with van der Waals surface area (Å²) in [5.41, 5.74) is 3.60. The Morgan fingerprint density at radius 1 is 0.840 bits per heavy atom. The maximum Gasteiger partial charge on any atom is 0.337 e. The Balaban J connectivity index is 1.96. The molecular formula is C22H22O3. The topological polar surface area (TPSA) is 43.4 Å². The number of ether oxygens (including phenoxy) is 1. The van der Waals surface area contributed by atoms with E-state index in [2.05, 4.69) is 30.7 Å². The van der Waals surface area contributed by atoms with Gasteiger partial charge in [-0.05, 0) is 46.9 Å². The van der Waals surface area contributed by atoms with Crippen molar-refractivity contribution in [1.29, 1.82) is 0 Å². The van der Waals surface area contributed by atoms with Crippen molar-refractivity contribution in [2.24, 2.45) is 0 Å². The first-order valence-electron chi connectivity index (χ1n) is 8.18. The van der Waals surface area contributed by atoms with Gasteiger partial charge in [0.15, 0.2) is 5.78 Å². The second-order valence-corrected chi connectivity index (χ2v) is 6.00. The number of allylic oxidation sites excluding steroid dienone is 2. The lowest BCUT2D eigenvalue weighted by atomic mass is 10.0. The van der Waals surface area contributed by atoms with Crippen LogP contribution in [0.2, 0.25) is 0 Å². The quantitative estimate of drug-likeness (QED) is 0.558. The number of hydrogen-bond acceptors (Lipinski definition) is 3. The van der Waals surface area contributed by atoms with Gasteiger partial charge in [-0.2, -0.15) is 0 Å². The smallest absolute Gasteiger partial charge is 0.337 e. The number of rotatable bonds is 6. The lowest BCUT2D eigenvalue weighted by Crippen LogP contribution is -2.00. The van der Waals surface area contributed by atoms with Gasteiger partial charge in [0.2, 0.25) is 0 Å². The van der Waals surface area contributed by atoms with Gasteiger partial charge in [-0.15, -0.1) is 0 Å². The molecule has 0 saturated carbocycles. The lowest BCUT2D eigenvalue weighted by Gasteiger charge is -2.04. The molecule has 3 nitrogen and oxygen atoms in total. The zero-order valence-corrected chi connectivity index (χ0v) is 14.7. The first-order valence-corrected chi connectivity index (χ1v) is 8.18. The van der Waals surface area contributed by atoms with E-state index >= 15 is 0 Å². The molecule has 3 heteroatoms. The average Bonchev–Trinajstić information content (AvgIpc) is 2.64. The van der Waals surface area contributed by atoms with Crippen molar-refractivity contribution < 1.29 is 14.3 Å². The summed E-state index contributed by atoms with van der Waals surface area (Å²) in [5.74, 6) is 0.0242. The fraction of sp³-hybridized carbons (Fsp3) is 0.182. The third-order valence-electron chi connectivity index (χ3n) is 3.82. The van der Waals surface area contributed by atoms with Gasteiger partial charge >= 0.3 is 5.97 Å². The Hall–Kier alpha value is -2.94. The van der Waals surface area contributed by atoms with Crippen molar-refractivity contribution in [3.8, 4) is 0 Å². The van der Waals surface area contributed by atoms with Crippen LogP contribution in [0.1, 0.15) is 46.8 Å². The SMILES string of the molecule is COC(=O)c1ccc(/C=C/C(=O)/C=C/c2ccc(C(C)C)cc2)cc1. The van der Waals surface area contributed by atoms with Crippen LogP contribution in [-0.4, -0.2) is 18.9 Å². The third-order valence-corrected chi connectivity index (χ3v) is 3.82. The van der Waals surface area contributed by atoms with E-state index in [0.717, 1.165) is 11.1 Å². The number of carbonyl (C=O) groups excluding carboxylic acids is 2. The first-order chi connectivity index (χ1) is 12.0. The Labute approximate surface area is 148 Å². The molecule has 2 aromatic rings. The summed E-state index contributed by atoms with van der Waals surface area (Å²) in [4.78, 5) is 23.3. The van der Waals surface area contributed by atoms with Crippen LogP contribution in [0.4, 0.5) is 0 Å². The fourth-order valence-electron chi connectivity index (χ4n) is 2.25. The summed E-state index contributed by atoms with van der Waals surface area (Å²) in [6, 6.07) is 15.0. The van der Waals surface area contributed by atoms with Crippen molar-refractivity contribution in [2.75, 3.05) is 7.11 Å². The van der Waals surface area contributed by atoms with Gasteiger partial charge in [0.25, 0.3) is 0 Å². The number of carbonyl (C=O) groups is 2. The Bertz CT molecular complexity index is 779. The van der Waals surface area contributed by atoms with Crippen LogP contribution in [-0.2, 0) is 9.53 Å². The van der Waals surface area contributed by atoms with Gasteiger partial charge in [0.1, 0.15) is 0 Å². The highest BCUT2D eigenvalue weighted by Gasteiger charge is 2.03. The highest BCUT2D eigenvalue weighted by atomic mass is 16.5. The predicted octanol–water partition coefficient (Wildman–Crippen LogP) is 4.89. The minimum atomic E-state index is -0.377. The summed E-state index contributed by atoms with van der Waals surface area (Å²) in [6.45, 7) is 4.30. The predicted molar refractivity (Wildman–Crippen MR) is 101 cm³/mol. The van der Waals surface area contributed by atoms with E-state index in [9.17, 15) is 9.59 Å². The molecule has 0 saturated heterocycles. The molecule has 0 spiro atoms. The minimum absolute atomic E-state index is 0.0926. The summed E-state index contributed by atoms with van der Waals surface area (Å²) in [6.07, 6.45) is 6.57. The molecule has 2 aromatic carbocycles. The molecule has 0 amide bonds. The molecule has 25 heavy (non-hydrogen) atoms. The van der Waals surface area contributed by atoms with Crippen LogP contribution in [0.3, 0.4) is 0 Å². The van der Waals surface area contributed by atoms with Crippen molar-refractivity contribution in [3.63, 3.8) is 0 Å². The Morgan fingerprint density at radius 3 is 1.76 bits per heavy atom. The molecule has 0 atom stereocenters. The summed E-state index contributed by atoms with van der Waals surface area (Å²) in [5, 5.41) is 0. The average molecular weight is 334 g/mol. The van der Waals surface area contributed by atoms with Crippen molar-refractivity contribution in [1.82, 2.24) is 0 Å². The highest BCUT2D eigenvalue weighted by Crippen LogP contribution is 2.15. The van der Waals surface area contributed by atoms with E-state index in [4.69, 9.17) is 0 Å². The monoisotopic (exact) mass is 334 g/mol. The minimum Gasteiger partial charge on any atom is -0.465 e. The van der Waals surface area contributed by atoms with Gasteiger partial charge in [-0.1, -0.05) is 62.4 Å². The second kappa shape index (κ2) is 8.78. The van der Waals surface area contributed by atoms with E-state index in [0.29, 0.717) is 11.5 Å². The van der Waals surface area contributed by atoms with Crippen LogP contribution >= 0.6 is 0 Å². The number of esters is 1. The molecule has 0 bridgehead atoms. The number of methoxy groups -OCH3 is 1. The maximum atomic E-state index is 11.9. The first kappa shape index (κ1) is 18.4.